The molecule has 3 N–H and O–H groups in total. The first-order valence-corrected chi connectivity index (χ1v) is 6.41. The number of anilines is 2. The average Bonchev–Trinajstić information content (AvgIpc) is 2.43. The van der Waals surface area contributed by atoms with Crippen molar-refractivity contribution in [3.8, 4) is 5.75 Å². The molecule has 1 aromatic rings. The summed E-state index contributed by atoms with van der Waals surface area (Å²) >= 11 is 0. The van der Waals surface area contributed by atoms with Crippen molar-refractivity contribution in [1.29, 1.82) is 0 Å². The summed E-state index contributed by atoms with van der Waals surface area (Å²) in [5.41, 5.74) is 2.54. The summed E-state index contributed by atoms with van der Waals surface area (Å²) < 4.78 is 5.40. The number of aromatic nitrogens is 2. The molecular weight excluding hydrogens is 244 g/mol. The third-order valence-electron chi connectivity index (χ3n) is 3.79. The van der Waals surface area contributed by atoms with Crippen molar-refractivity contribution in [2.75, 3.05) is 37.6 Å². The number of nitrogen functional groups attached to an aromatic ring is 1. The van der Waals surface area contributed by atoms with Crippen LogP contribution in [0.25, 0.3) is 0 Å². The Kier molecular flexibility index (Phi) is 4.06. The molecule has 0 radical (unpaired) electrons. The average molecular weight is 266 g/mol. The Morgan fingerprint density at radius 3 is 2.47 bits per heavy atom. The molecule has 0 aromatic carbocycles. The van der Waals surface area contributed by atoms with Crippen LogP contribution in [0.5, 0.6) is 5.75 Å². The van der Waals surface area contributed by atoms with Crippen molar-refractivity contribution >= 4 is 11.6 Å². The zero-order valence-corrected chi connectivity index (χ0v) is 11.9. The predicted molar refractivity (Wildman–Crippen MR) is 75.3 cm³/mol. The smallest absolute Gasteiger partial charge is 0.205 e. The van der Waals surface area contributed by atoms with Gasteiger partial charge in [0.2, 0.25) is 5.75 Å². The van der Waals surface area contributed by atoms with Gasteiger partial charge in [0.25, 0.3) is 0 Å². The lowest BCUT2D eigenvalue weighted by Gasteiger charge is -2.43. The minimum atomic E-state index is 0.456. The Labute approximate surface area is 113 Å². The number of rotatable bonds is 3. The fourth-order valence-corrected chi connectivity index (χ4v) is 2.46. The van der Waals surface area contributed by atoms with E-state index >= 15 is 0 Å². The van der Waals surface area contributed by atoms with Crippen LogP contribution >= 0.6 is 0 Å². The Morgan fingerprint density at radius 2 is 1.95 bits per heavy atom. The fourth-order valence-electron chi connectivity index (χ4n) is 2.46. The van der Waals surface area contributed by atoms with E-state index in [0.29, 0.717) is 23.7 Å². The Hall–Kier alpha value is -1.60. The molecule has 2 rings (SSSR count). The van der Waals surface area contributed by atoms with Gasteiger partial charge in [-0.2, -0.15) is 0 Å². The SMILES string of the molecule is COc1c(NN)ncnc1N1CC(C)N(C)C(C)C1. The number of nitrogens with two attached hydrogens (primary N) is 1. The summed E-state index contributed by atoms with van der Waals surface area (Å²) in [5.74, 6) is 7.34. The highest BCUT2D eigenvalue weighted by Gasteiger charge is 2.29. The van der Waals surface area contributed by atoms with Crippen LogP contribution in [0.2, 0.25) is 0 Å². The topological polar surface area (TPSA) is 79.5 Å². The van der Waals surface area contributed by atoms with Crippen molar-refractivity contribution in [2.24, 2.45) is 5.84 Å². The molecule has 1 fully saturated rings. The molecule has 0 bridgehead atoms. The van der Waals surface area contributed by atoms with E-state index < -0.39 is 0 Å². The van der Waals surface area contributed by atoms with Gasteiger partial charge in [0.15, 0.2) is 11.6 Å². The van der Waals surface area contributed by atoms with E-state index in [2.05, 4.69) is 46.1 Å². The number of hydrogen-bond acceptors (Lipinski definition) is 7. The Bertz CT molecular complexity index is 428. The number of nitrogens with one attached hydrogen (secondary N) is 1. The monoisotopic (exact) mass is 266 g/mol. The molecule has 7 nitrogen and oxygen atoms in total. The van der Waals surface area contributed by atoms with Crippen LogP contribution in [0.1, 0.15) is 13.8 Å². The van der Waals surface area contributed by atoms with Crippen LogP contribution in [-0.4, -0.2) is 54.2 Å². The number of hydrazine groups is 1. The number of hydrogen-bond donors (Lipinski definition) is 2. The lowest BCUT2D eigenvalue weighted by atomic mass is 10.1. The van der Waals surface area contributed by atoms with Crippen molar-refractivity contribution in [3.63, 3.8) is 0 Å². The van der Waals surface area contributed by atoms with Crippen molar-refractivity contribution < 1.29 is 4.74 Å². The zero-order valence-electron chi connectivity index (χ0n) is 11.9. The van der Waals surface area contributed by atoms with Gasteiger partial charge in [0.05, 0.1) is 7.11 Å². The van der Waals surface area contributed by atoms with Gasteiger partial charge in [-0.25, -0.2) is 15.8 Å². The molecule has 0 saturated carbocycles. The van der Waals surface area contributed by atoms with Crippen LogP contribution in [0.15, 0.2) is 6.33 Å². The highest BCUT2D eigenvalue weighted by atomic mass is 16.5. The quantitative estimate of drug-likeness (QED) is 0.601. The molecule has 0 aliphatic carbocycles. The van der Waals surface area contributed by atoms with E-state index in [4.69, 9.17) is 10.6 Å². The molecule has 19 heavy (non-hydrogen) atoms. The summed E-state index contributed by atoms with van der Waals surface area (Å²) in [6.07, 6.45) is 1.50. The van der Waals surface area contributed by atoms with Gasteiger partial charge in [-0.15, -0.1) is 0 Å². The molecule has 7 heteroatoms. The van der Waals surface area contributed by atoms with Crippen molar-refractivity contribution in [1.82, 2.24) is 14.9 Å². The van der Waals surface area contributed by atoms with Crippen molar-refractivity contribution in [3.05, 3.63) is 6.33 Å². The van der Waals surface area contributed by atoms with E-state index in [1.54, 1.807) is 7.11 Å². The molecular formula is C12H22N6O. The second-order valence-electron chi connectivity index (χ2n) is 4.99. The van der Waals surface area contributed by atoms with Gasteiger partial charge in [0.1, 0.15) is 6.33 Å². The molecule has 2 unspecified atom stereocenters. The highest BCUT2D eigenvalue weighted by molar-refractivity contribution is 5.64. The maximum atomic E-state index is 5.45. The lowest BCUT2D eigenvalue weighted by Crippen LogP contribution is -2.55. The number of piperazine rings is 1. The molecule has 1 saturated heterocycles. The summed E-state index contributed by atoms with van der Waals surface area (Å²) in [6.45, 7) is 6.22. The third-order valence-corrected chi connectivity index (χ3v) is 3.79. The predicted octanol–water partition coefficient (Wildman–Crippen LogP) is 0.300. The Balaban J connectivity index is 2.31. The van der Waals surface area contributed by atoms with E-state index in [1.807, 2.05) is 0 Å². The third kappa shape index (κ3) is 2.57. The molecule has 1 aliphatic heterocycles. The number of nitrogens with zero attached hydrogens (tertiary/aromatic N) is 4. The summed E-state index contributed by atoms with van der Waals surface area (Å²) in [4.78, 5) is 13.0. The van der Waals surface area contributed by atoms with E-state index in [1.165, 1.54) is 6.33 Å². The summed E-state index contributed by atoms with van der Waals surface area (Å²) in [6, 6.07) is 0.912. The molecule has 1 aliphatic rings. The van der Waals surface area contributed by atoms with Gasteiger partial charge in [0, 0.05) is 25.2 Å². The molecule has 0 amide bonds. The normalized spacial score (nSPS) is 24.4. The van der Waals surface area contributed by atoms with Crippen LogP contribution in [0.4, 0.5) is 11.6 Å². The number of ether oxygens (including phenoxy) is 1. The maximum absolute atomic E-state index is 5.45. The first-order valence-electron chi connectivity index (χ1n) is 6.41. The summed E-state index contributed by atoms with van der Waals surface area (Å²) in [5, 5.41) is 0. The van der Waals surface area contributed by atoms with Gasteiger partial charge in [-0.05, 0) is 20.9 Å². The molecule has 2 atom stereocenters. The van der Waals surface area contributed by atoms with Crippen LogP contribution in [-0.2, 0) is 0 Å². The van der Waals surface area contributed by atoms with Gasteiger partial charge >= 0.3 is 0 Å². The minimum absolute atomic E-state index is 0.456. The van der Waals surface area contributed by atoms with E-state index in [0.717, 1.165) is 18.9 Å². The fraction of sp³-hybridized carbons (Fsp3) is 0.667. The van der Waals surface area contributed by atoms with Gasteiger partial charge < -0.3 is 15.1 Å². The van der Waals surface area contributed by atoms with Gasteiger partial charge in [-0.3, -0.25) is 4.90 Å². The van der Waals surface area contributed by atoms with Crippen LogP contribution < -0.4 is 20.9 Å². The Morgan fingerprint density at radius 1 is 1.32 bits per heavy atom. The second kappa shape index (κ2) is 5.58. The molecule has 0 spiro atoms. The van der Waals surface area contributed by atoms with E-state index in [9.17, 15) is 0 Å². The van der Waals surface area contributed by atoms with E-state index in [-0.39, 0.29) is 0 Å². The van der Waals surface area contributed by atoms with Crippen molar-refractivity contribution in [2.45, 2.75) is 25.9 Å². The molecule has 106 valence electrons. The minimum Gasteiger partial charge on any atom is -0.490 e. The van der Waals surface area contributed by atoms with Gasteiger partial charge in [-0.1, -0.05) is 0 Å². The van der Waals surface area contributed by atoms with Crippen LogP contribution in [0.3, 0.4) is 0 Å². The number of likely N-dealkylation sites (N-methyl/N-ethyl adjacent to an activating group) is 1. The summed E-state index contributed by atoms with van der Waals surface area (Å²) in [7, 11) is 3.75. The highest BCUT2D eigenvalue weighted by Crippen LogP contribution is 2.33. The first-order chi connectivity index (χ1) is 9.08. The molecule has 1 aromatic heterocycles. The lowest BCUT2D eigenvalue weighted by molar-refractivity contribution is 0.169. The molecule has 2 heterocycles. The number of methoxy groups -OCH3 is 1. The standard InChI is InChI=1S/C12H22N6O/c1-8-5-18(6-9(2)17(8)3)12-10(19-4)11(16-13)14-7-15-12/h7-9H,5-6,13H2,1-4H3,(H,14,15,16). The largest absolute Gasteiger partial charge is 0.490 e. The second-order valence-corrected chi connectivity index (χ2v) is 4.99. The zero-order chi connectivity index (χ0) is 14.0. The van der Waals surface area contributed by atoms with Crippen LogP contribution in [0, 0.1) is 0 Å². The first kappa shape index (κ1) is 13.8. The maximum Gasteiger partial charge on any atom is 0.205 e.